The van der Waals surface area contributed by atoms with Gasteiger partial charge < -0.3 is 10.1 Å². The van der Waals surface area contributed by atoms with Crippen molar-refractivity contribution in [3.05, 3.63) is 51.7 Å². The molecular weight excluding hydrogens is 294 g/mol. The van der Waals surface area contributed by atoms with Gasteiger partial charge in [0.05, 0.1) is 0 Å². The molecule has 0 fully saturated rings. The molecule has 0 spiro atoms. The predicted molar refractivity (Wildman–Crippen MR) is 91.8 cm³/mol. The van der Waals surface area contributed by atoms with Crippen molar-refractivity contribution in [2.45, 2.75) is 33.1 Å². The summed E-state index contributed by atoms with van der Waals surface area (Å²) in [7, 11) is 0. The molecule has 118 valence electrons. The van der Waals surface area contributed by atoms with E-state index in [1.807, 2.05) is 24.4 Å². The normalized spacial score (nSPS) is 10.7. The lowest BCUT2D eigenvalue weighted by molar-refractivity contribution is -0.123. The zero-order valence-corrected chi connectivity index (χ0v) is 14.2. The van der Waals surface area contributed by atoms with E-state index in [1.165, 1.54) is 4.88 Å². The molecule has 22 heavy (non-hydrogen) atoms. The fourth-order valence-electron chi connectivity index (χ4n) is 2.22. The Morgan fingerprint density at radius 2 is 2.14 bits per heavy atom. The monoisotopic (exact) mass is 317 g/mol. The topological polar surface area (TPSA) is 38.3 Å². The van der Waals surface area contributed by atoms with Gasteiger partial charge in [0, 0.05) is 11.4 Å². The molecule has 0 radical (unpaired) electrons. The molecule has 3 nitrogen and oxygen atoms in total. The second kappa shape index (κ2) is 7.99. The van der Waals surface area contributed by atoms with Gasteiger partial charge in [0.1, 0.15) is 5.75 Å². The number of rotatable bonds is 7. The van der Waals surface area contributed by atoms with Gasteiger partial charge in [-0.15, -0.1) is 11.3 Å². The van der Waals surface area contributed by atoms with Crippen molar-refractivity contribution in [1.29, 1.82) is 0 Å². The van der Waals surface area contributed by atoms with E-state index in [9.17, 15) is 4.79 Å². The van der Waals surface area contributed by atoms with Crippen LogP contribution in [0, 0.1) is 6.92 Å². The minimum Gasteiger partial charge on any atom is -0.483 e. The summed E-state index contributed by atoms with van der Waals surface area (Å²) < 4.78 is 5.72. The molecule has 2 aromatic rings. The molecule has 0 saturated heterocycles. The van der Waals surface area contributed by atoms with Crippen molar-refractivity contribution < 1.29 is 9.53 Å². The van der Waals surface area contributed by atoms with Crippen LogP contribution in [0.3, 0.4) is 0 Å². The minimum absolute atomic E-state index is 0.0631. The molecule has 1 aromatic carbocycles. The highest BCUT2D eigenvalue weighted by atomic mass is 32.1. The lowest BCUT2D eigenvalue weighted by Gasteiger charge is -2.14. The van der Waals surface area contributed by atoms with Gasteiger partial charge in [0.15, 0.2) is 6.61 Å². The van der Waals surface area contributed by atoms with Gasteiger partial charge in [-0.2, -0.15) is 0 Å². The number of carbonyl (C=O) groups is 1. The van der Waals surface area contributed by atoms with Gasteiger partial charge in [-0.25, -0.2) is 0 Å². The van der Waals surface area contributed by atoms with Crippen LogP contribution in [0.5, 0.6) is 5.75 Å². The Morgan fingerprint density at radius 1 is 1.32 bits per heavy atom. The van der Waals surface area contributed by atoms with Gasteiger partial charge in [0.25, 0.3) is 5.91 Å². The summed E-state index contributed by atoms with van der Waals surface area (Å²) in [5.74, 6) is 1.11. The lowest BCUT2D eigenvalue weighted by Crippen LogP contribution is -2.30. The van der Waals surface area contributed by atoms with Crippen LogP contribution >= 0.6 is 11.3 Å². The zero-order chi connectivity index (χ0) is 15.9. The Hall–Kier alpha value is -1.81. The van der Waals surface area contributed by atoms with Crippen LogP contribution in [0.1, 0.15) is 35.8 Å². The number of aryl methyl sites for hydroxylation is 1. The Balaban J connectivity index is 1.82. The number of amides is 1. The Bertz CT molecular complexity index is 606. The first-order valence-corrected chi connectivity index (χ1v) is 8.46. The van der Waals surface area contributed by atoms with Gasteiger partial charge in [-0.3, -0.25) is 4.79 Å². The molecule has 0 aliphatic carbocycles. The van der Waals surface area contributed by atoms with Crippen molar-refractivity contribution in [3.63, 3.8) is 0 Å². The highest BCUT2D eigenvalue weighted by molar-refractivity contribution is 7.09. The highest BCUT2D eigenvalue weighted by Gasteiger charge is 2.10. The summed E-state index contributed by atoms with van der Waals surface area (Å²) in [5.41, 5.74) is 2.27. The smallest absolute Gasteiger partial charge is 0.257 e. The molecule has 0 aliphatic heterocycles. The minimum atomic E-state index is -0.0761. The van der Waals surface area contributed by atoms with E-state index in [-0.39, 0.29) is 12.5 Å². The zero-order valence-electron chi connectivity index (χ0n) is 13.4. The van der Waals surface area contributed by atoms with E-state index < -0.39 is 0 Å². The fourth-order valence-corrected chi connectivity index (χ4v) is 2.93. The summed E-state index contributed by atoms with van der Waals surface area (Å²) in [6.07, 6.45) is 0.866. The maximum atomic E-state index is 11.9. The van der Waals surface area contributed by atoms with Gasteiger partial charge in [-0.1, -0.05) is 32.0 Å². The van der Waals surface area contributed by atoms with Gasteiger partial charge in [0.2, 0.25) is 0 Å². The predicted octanol–water partition coefficient (Wildman–Crippen LogP) is 3.92. The van der Waals surface area contributed by atoms with Crippen LogP contribution in [0.15, 0.2) is 35.7 Å². The van der Waals surface area contributed by atoms with Crippen LogP contribution in [-0.4, -0.2) is 19.1 Å². The highest BCUT2D eigenvalue weighted by Crippen LogP contribution is 2.27. The van der Waals surface area contributed by atoms with E-state index in [2.05, 4.69) is 37.4 Å². The van der Waals surface area contributed by atoms with Crippen molar-refractivity contribution in [2.24, 2.45) is 0 Å². The summed E-state index contributed by atoms with van der Waals surface area (Å²) in [6, 6.07) is 10.2. The molecule has 4 heteroatoms. The third-order valence-corrected chi connectivity index (χ3v) is 4.36. The molecule has 1 amide bonds. The Kier molecular flexibility index (Phi) is 6.01. The van der Waals surface area contributed by atoms with E-state index in [4.69, 9.17) is 4.74 Å². The second-order valence-electron chi connectivity index (χ2n) is 5.66. The lowest BCUT2D eigenvalue weighted by atomic mass is 10.0. The van der Waals surface area contributed by atoms with Crippen LogP contribution in [0.2, 0.25) is 0 Å². The number of thiophene rings is 1. The molecule has 0 unspecified atom stereocenters. The van der Waals surface area contributed by atoms with Crippen LogP contribution < -0.4 is 10.1 Å². The van der Waals surface area contributed by atoms with E-state index in [0.717, 1.165) is 23.3 Å². The first-order valence-electron chi connectivity index (χ1n) is 7.58. The first-order chi connectivity index (χ1) is 10.6. The number of ether oxygens (including phenoxy) is 1. The average Bonchev–Trinajstić information content (AvgIpc) is 2.98. The Morgan fingerprint density at radius 3 is 2.82 bits per heavy atom. The maximum absolute atomic E-state index is 11.9. The van der Waals surface area contributed by atoms with E-state index in [1.54, 1.807) is 11.3 Å². The molecule has 1 N–H and O–H groups in total. The SMILES string of the molecule is Cc1ccc(C(C)C)c(OCC(=O)NCCc2cccs2)c1. The number of benzene rings is 1. The molecule has 0 saturated carbocycles. The van der Waals surface area contributed by atoms with E-state index >= 15 is 0 Å². The second-order valence-corrected chi connectivity index (χ2v) is 6.70. The molecule has 0 atom stereocenters. The molecule has 1 heterocycles. The van der Waals surface area contributed by atoms with Crippen molar-refractivity contribution >= 4 is 17.2 Å². The fraction of sp³-hybridized carbons (Fsp3) is 0.389. The summed E-state index contributed by atoms with van der Waals surface area (Å²) >= 11 is 1.71. The van der Waals surface area contributed by atoms with Crippen molar-refractivity contribution in [1.82, 2.24) is 5.32 Å². The van der Waals surface area contributed by atoms with Crippen molar-refractivity contribution in [2.75, 3.05) is 13.2 Å². The Labute approximate surface area is 136 Å². The third kappa shape index (κ3) is 4.88. The largest absolute Gasteiger partial charge is 0.483 e. The number of hydrogen-bond donors (Lipinski definition) is 1. The van der Waals surface area contributed by atoms with E-state index in [0.29, 0.717) is 12.5 Å². The molecule has 0 aliphatic rings. The first kappa shape index (κ1) is 16.6. The molecular formula is C18H23NO2S. The van der Waals surface area contributed by atoms with Crippen LogP contribution in [0.25, 0.3) is 0 Å². The average molecular weight is 317 g/mol. The third-order valence-electron chi connectivity index (χ3n) is 3.42. The standard InChI is InChI=1S/C18H23NO2S/c1-13(2)16-7-6-14(3)11-17(16)21-12-18(20)19-9-8-15-5-4-10-22-15/h4-7,10-11,13H,8-9,12H2,1-3H3,(H,19,20). The summed E-state index contributed by atoms with van der Waals surface area (Å²) in [6.45, 7) is 6.98. The molecule has 1 aromatic heterocycles. The summed E-state index contributed by atoms with van der Waals surface area (Å²) in [4.78, 5) is 13.2. The number of nitrogens with one attached hydrogen (secondary N) is 1. The summed E-state index contributed by atoms with van der Waals surface area (Å²) in [5, 5.41) is 4.94. The van der Waals surface area contributed by atoms with Crippen LogP contribution in [0.4, 0.5) is 0 Å². The number of hydrogen-bond acceptors (Lipinski definition) is 3. The van der Waals surface area contributed by atoms with Gasteiger partial charge >= 0.3 is 0 Å². The van der Waals surface area contributed by atoms with Crippen molar-refractivity contribution in [3.8, 4) is 5.75 Å². The van der Waals surface area contributed by atoms with Gasteiger partial charge in [-0.05, 0) is 47.9 Å². The molecule has 2 rings (SSSR count). The maximum Gasteiger partial charge on any atom is 0.257 e. The number of carbonyl (C=O) groups excluding carboxylic acids is 1. The quantitative estimate of drug-likeness (QED) is 0.840. The molecule has 0 bridgehead atoms. The van der Waals surface area contributed by atoms with Crippen LogP contribution in [-0.2, 0) is 11.2 Å².